The van der Waals surface area contributed by atoms with Crippen molar-refractivity contribution in [2.24, 2.45) is 5.73 Å². The molecule has 2 N–H and O–H groups in total. The number of carbonyl (C=O) groups excluding carboxylic acids is 1. The number of hydrogen-bond donors (Lipinski definition) is 1. The van der Waals surface area contributed by atoms with Crippen LogP contribution in [0.3, 0.4) is 0 Å². The highest BCUT2D eigenvalue weighted by molar-refractivity contribution is 14.1. The molecular weight excluding hydrogens is 398 g/mol. The molecule has 0 spiro atoms. The molecule has 0 saturated carbocycles. The van der Waals surface area contributed by atoms with E-state index in [1.54, 1.807) is 12.1 Å². The predicted molar refractivity (Wildman–Crippen MR) is 89.1 cm³/mol. The van der Waals surface area contributed by atoms with Crippen molar-refractivity contribution in [1.82, 2.24) is 4.90 Å². The number of nitrogens with zero attached hydrogens (tertiary/aromatic N) is 1. The largest absolute Gasteiger partial charge is 0.334 e. The minimum Gasteiger partial charge on any atom is -0.334 e. The number of benzene rings is 1. The van der Waals surface area contributed by atoms with Gasteiger partial charge in [-0.2, -0.15) is 0 Å². The molecular formula is C13H17Cl2IN2O. The zero-order chi connectivity index (χ0) is 13.1. The number of halogens is 3. The molecule has 1 aromatic carbocycles. The topological polar surface area (TPSA) is 46.3 Å². The van der Waals surface area contributed by atoms with Crippen LogP contribution in [0.4, 0.5) is 0 Å². The van der Waals surface area contributed by atoms with Crippen LogP contribution in [0.1, 0.15) is 29.6 Å². The van der Waals surface area contributed by atoms with Gasteiger partial charge in [0.25, 0.3) is 5.91 Å². The molecule has 1 heterocycles. The Kier molecular flexibility index (Phi) is 6.86. The first-order valence-corrected chi connectivity index (χ1v) is 7.55. The third-order valence-electron chi connectivity index (χ3n) is 3.33. The highest BCUT2D eigenvalue weighted by atomic mass is 127. The zero-order valence-corrected chi connectivity index (χ0v) is 14.2. The highest BCUT2D eigenvalue weighted by Crippen LogP contribution is 2.23. The molecule has 0 radical (unpaired) electrons. The molecule has 1 aromatic rings. The molecule has 2 rings (SSSR count). The van der Waals surface area contributed by atoms with E-state index >= 15 is 0 Å². The fraction of sp³-hybridized carbons (Fsp3) is 0.462. The van der Waals surface area contributed by atoms with Gasteiger partial charge in [0.05, 0.1) is 5.02 Å². The van der Waals surface area contributed by atoms with E-state index < -0.39 is 0 Å². The molecule has 0 bridgehead atoms. The van der Waals surface area contributed by atoms with Gasteiger partial charge >= 0.3 is 0 Å². The van der Waals surface area contributed by atoms with Crippen molar-refractivity contribution in [2.45, 2.75) is 25.3 Å². The Morgan fingerprint density at radius 2 is 2.21 bits per heavy atom. The fourth-order valence-corrected chi connectivity index (χ4v) is 2.94. The SMILES string of the molecule is Cl.NCC1CCCCN1C(=O)c1ccc(Cl)c(I)c1. The van der Waals surface area contributed by atoms with Crippen LogP contribution in [0.5, 0.6) is 0 Å². The monoisotopic (exact) mass is 414 g/mol. The van der Waals surface area contributed by atoms with Crippen LogP contribution >= 0.6 is 46.6 Å². The molecule has 0 aromatic heterocycles. The number of carbonyl (C=O) groups is 1. The zero-order valence-electron chi connectivity index (χ0n) is 10.4. The van der Waals surface area contributed by atoms with E-state index in [0.717, 1.165) is 29.4 Å². The Labute approximate surface area is 138 Å². The summed E-state index contributed by atoms with van der Waals surface area (Å²) >= 11 is 8.12. The number of piperidine rings is 1. The van der Waals surface area contributed by atoms with Crippen molar-refractivity contribution in [3.05, 3.63) is 32.4 Å². The second kappa shape index (κ2) is 7.67. The van der Waals surface area contributed by atoms with Crippen molar-refractivity contribution >= 4 is 52.5 Å². The quantitative estimate of drug-likeness (QED) is 0.754. The Morgan fingerprint density at radius 3 is 2.84 bits per heavy atom. The van der Waals surface area contributed by atoms with Crippen molar-refractivity contribution < 1.29 is 4.79 Å². The lowest BCUT2D eigenvalue weighted by molar-refractivity contribution is 0.0623. The smallest absolute Gasteiger partial charge is 0.254 e. The van der Waals surface area contributed by atoms with Crippen molar-refractivity contribution in [1.29, 1.82) is 0 Å². The Morgan fingerprint density at radius 1 is 1.47 bits per heavy atom. The van der Waals surface area contributed by atoms with Gasteiger partial charge in [-0.3, -0.25) is 4.79 Å². The van der Waals surface area contributed by atoms with E-state index in [4.69, 9.17) is 17.3 Å². The van der Waals surface area contributed by atoms with Gasteiger partial charge in [0.2, 0.25) is 0 Å². The molecule has 106 valence electrons. The number of hydrogen-bond acceptors (Lipinski definition) is 2. The summed E-state index contributed by atoms with van der Waals surface area (Å²) in [6.45, 7) is 1.34. The number of likely N-dealkylation sites (tertiary alicyclic amines) is 1. The summed E-state index contributed by atoms with van der Waals surface area (Å²) in [5.41, 5.74) is 6.45. The Bertz CT molecular complexity index is 456. The normalized spacial score (nSPS) is 18.9. The number of rotatable bonds is 2. The van der Waals surface area contributed by atoms with E-state index in [1.807, 2.05) is 11.0 Å². The summed E-state index contributed by atoms with van der Waals surface area (Å²) in [5, 5.41) is 0.682. The molecule has 1 atom stereocenters. The van der Waals surface area contributed by atoms with E-state index in [9.17, 15) is 4.79 Å². The van der Waals surface area contributed by atoms with Crippen molar-refractivity contribution in [3.8, 4) is 0 Å². The highest BCUT2D eigenvalue weighted by Gasteiger charge is 2.26. The maximum absolute atomic E-state index is 12.5. The second-order valence-electron chi connectivity index (χ2n) is 4.51. The minimum atomic E-state index is 0. The summed E-state index contributed by atoms with van der Waals surface area (Å²) in [5.74, 6) is 0.0692. The Balaban J connectivity index is 0.00000180. The van der Waals surface area contributed by atoms with Gasteiger partial charge < -0.3 is 10.6 Å². The second-order valence-corrected chi connectivity index (χ2v) is 6.08. The predicted octanol–water partition coefficient (Wildman–Crippen LogP) is 3.32. The summed E-state index contributed by atoms with van der Waals surface area (Å²) < 4.78 is 0.904. The van der Waals surface area contributed by atoms with Crippen molar-refractivity contribution in [2.75, 3.05) is 13.1 Å². The van der Waals surface area contributed by atoms with E-state index in [0.29, 0.717) is 17.1 Å². The van der Waals surface area contributed by atoms with Crippen molar-refractivity contribution in [3.63, 3.8) is 0 Å². The standard InChI is InChI=1S/C13H16ClIN2O.ClH/c14-11-5-4-9(7-12(11)15)13(18)17-6-2-1-3-10(17)8-16;/h4-5,7,10H,1-3,6,8,16H2;1H. The van der Waals surface area contributed by atoms with E-state index in [1.165, 1.54) is 0 Å². The van der Waals surface area contributed by atoms with Crippen LogP contribution in [0, 0.1) is 3.57 Å². The third-order valence-corrected chi connectivity index (χ3v) is 4.87. The van der Waals surface area contributed by atoms with Gasteiger partial charge in [-0.25, -0.2) is 0 Å². The maximum Gasteiger partial charge on any atom is 0.254 e. The van der Waals surface area contributed by atoms with Gasteiger partial charge in [0.1, 0.15) is 0 Å². The molecule has 19 heavy (non-hydrogen) atoms. The molecule has 1 fully saturated rings. The van der Waals surface area contributed by atoms with Crippen LogP contribution < -0.4 is 5.73 Å². The van der Waals surface area contributed by atoms with Crippen LogP contribution in [-0.2, 0) is 0 Å². The molecule has 6 heteroatoms. The summed E-state index contributed by atoms with van der Waals surface area (Å²) in [7, 11) is 0. The van der Waals surface area contributed by atoms with Crippen LogP contribution in [0.25, 0.3) is 0 Å². The average Bonchev–Trinajstić information content (AvgIpc) is 2.41. The van der Waals surface area contributed by atoms with E-state index in [-0.39, 0.29) is 24.4 Å². The minimum absolute atomic E-state index is 0. The van der Waals surface area contributed by atoms with Gasteiger partial charge in [-0.1, -0.05) is 11.6 Å². The molecule has 1 amide bonds. The Hall–Kier alpha value is -0.0400. The molecule has 3 nitrogen and oxygen atoms in total. The lowest BCUT2D eigenvalue weighted by atomic mass is 10.0. The molecule has 1 aliphatic heterocycles. The fourth-order valence-electron chi connectivity index (χ4n) is 2.31. The first kappa shape index (κ1) is 17.0. The summed E-state index contributed by atoms with van der Waals surface area (Å²) in [6.07, 6.45) is 3.23. The molecule has 1 saturated heterocycles. The first-order valence-electron chi connectivity index (χ1n) is 6.09. The van der Waals surface area contributed by atoms with Gasteiger partial charge in [-0.15, -0.1) is 12.4 Å². The van der Waals surface area contributed by atoms with Gasteiger partial charge in [0, 0.05) is 28.3 Å². The third kappa shape index (κ3) is 3.97. The molecule has 0 aliphatic carbocycles. The average molecular weight is 415 g/mol. The number of nitrogens with two attached hydrogens (primary N) is 1. The van der Waals surface area contributed by atoms with Gasteiger partial charge in [-0.05, 0) is 60.1 Å². The number of amides is 1. The van der Waals surface area contributed by atoms with Crippen LogP contribution in [0.2, 0.25) is 5.02 Å². The summed E-state index contributed by atoms with van der Waals surface area (Å²) in [6, 6.07) is 5.58. The van der Waals surface area contributed by atoms with E-state index in [2.05, 4.69) is 22.6 Å². The van der Waals surface area contributed by atoms with Gasteiger partial charge in [0.15, 0.2) is 0 Å². The maximum atomic E-state index is 12.5. The molecule has 1 aliphatic rings. The molecule has 1 unspecified atom stereocenters. The summed E-state index contributed by atoms with van der Waals surface area (Å²) in [4.78, 5) is 14.4. The van der Waals surface area contributed by atoms with Crippen LogP contribution in [-0.4, -0.2) is 29.9 Å². The first-order chi connectivity index (χ1) is 8.63. The van der Waals surface area contributed by atoms with Crippen LogP contribution in [0.15, 0.2) is 18.2 Å². The lowest BCUT2D eigenvalue weighted by Crippen LogP contribution is -2.47. The lowest BCUT2D eigenvalue weighted by Gasteiger charge is -2.35.